The molecule has 5 aliphatic heterocycles. The lowest BCUT2D eigenvalue weighted by Gasteiger charge is -2.67. The first-order valence-electron chi connectivity index (χ1n) is 31.7. The molecule has 494 valence electrons. The molecule has 0 spiro atoms. The van der Waals surface area contributed by atoms with E-state index in [1.807, 2.05) is 50.3 Å². The van der Waals surface area contributed by atoms with Crippen molar-refractivity contribution in [3.8, 4) is 0 Å². The summed E-state index contributed by atoms with van der Waals surface area (Å²) in [6.45, 7) is 15.3. The molecule has 1 aromatic carbocycles. The number of hydrogen-bond acceptors (Lipinski definition) is 23. The predicted molar refractivity (Wildman–Crippen MR) is 310 cm³/mol. The van der Waals surface area contributed by atoms with E-state index in [0.29, 0.717) is 32.1 Å². The SMILES string of the molecule is COC1CC(OC2C(C)OC(OC3C(C)OC(OC4C(C)OC(OC5C(O)CC(OC6CCC7(C)C(=CCC8(O)C7CC(OC(=O)C=Cc7ccccc7)C7(C)C(O)(C(C)=O)CCC87O)C6)OC5C)CC4OC(C)=O)CC3OC)CC2OC)OC(C)C1O. The lowest BCUT2D eigenvalue weighted by atomic mass is 9.42. The van der Waals surface area contributed by atoms with Crippen LogP contribution in [0.5, 0.6) is 0 Å². The van der Waals surface area contributed by atoms with Gasteiger partial charge in [0.1, 0.15) is 59.5 Å². The van der Waals surface area contributed by atoms with Crippen molar-refractivity contribution in [2.24, 2.45) is 16.7 Å². The van der Waals surface area contributed by atoms with E-state index >= 15 is 0 Å². The second-order valence-corrected chi connectivity index (χ2v) is 26.7. The summed E-state index contributed by atoms with van der Waals surface area (Å²) in [4.78, 5) is 39.7. The Balaban J connectivity index is 0.729. The molecule has 4 aliphatic carbocycles. The quantitative estimate of drug-likeness (QED) is 0.0731. The van der Waals surface area contributed by atoms with Crippen molar-refractivity contribution in [2.75, 3.05) is 21.3 Å². The monoisotopic (exact) mass is 1240 g/mol. The third kappa shape index (κ3) is 12.8. The molecule has 3 saturated carbocycles. The Labute approximate surface area is 516 Å². The molecule has 88 heavy (non-hydrogen) atoms. The molecule has 0 radical (unpaired) electrons. The van der Waals surface area contributed by atoms with Gasteiger partial charge in [0, 0.05) is 72.4 Å². The van der Waals surface area contributed by atoms with Crippen LogP contribution >= 0.6 is 0 Å². The van der Waals surface area contributed by atoms with Crippen LogP contribution in [-0.4, -0.2) is 217 Å². The van der Waals surface area contributed by atoms with Crippen LogP contribution in [0, 0.1) is 16.7 Å². The Bertz CT molecular complexity index is 2630. The molecule has 1 aromatic rings. The van der Waals surface area contributed by atoms with E-state index in [2.05, 4.69) is 6.92 Å². The number of Topliss-reactive ketones (excluding diaryl/α,β-unsaturated/α-hetero) is 1. The number of hydrogen-bond donors (Lipinski definition) is 5. The van der Waals surface area contributed by atoms with E-state index in [1.54, 1.807) is 55.1 Å². The van der Waals surface area contributed by atoms with Crippen molar-refractivity contribution in [1.82, 2.24) is 0 Å². The van der Waals surface area contributed by atoms with Crippen molar-refractivity contribution in [1.29, 1.82) is 0 Å². The molecule has 9 aliphatic rings. The minimum absolute atomic E-state index is 0.0389. The number of esters is 2. The topological polar surface area (TPSA) is 291 Å². The number of aliphatic hydroxyl groups is 5. The summed E-state index contributed by atoms with van der Waals surface area (Å²) in [7, 11) is 4.75. The van der Waals surface area contributed by atoms with Gasteiger partial charge in [-0.2, -0.15) is 0 Å². The van der Waals surface area contributed by atoms with Crippen molar-refractivity contribution >= 4 is 23.8 Å². The van der Waals surface area contributed by atoms with Gasteiger partial charge in [-0.25, -0.2) is 4.79 Å². The fourth-order valence-electron chi connectivity index (χ4n) is 16.6. The van der Waals surface area contributed by atoms with E-state index in [4.69, 9.17) is 71.1 Å². The first kappa shape index (κ1) is 67.5. The lowest BCUT2D eigenvalue weighted by molar-refractivity contribution is -0.351. The zero-order valence-electron chi connectivity index (χ0n) is 53.0. The Hall–Kier alpha value is -3.41. The molecule has 28 unspecified atom stereocenters. The summed E-state index contributed by atoms with van der Waals surface area (Å²) in [6.07, 6.45) is -7.47. The normalized spacial score (nSPS) is 47.9. The van der Waals surface area contributed by atoms with Gasteiger partial charge in [0.2, 0.25) is 0 Å². The number of carbonyl (C=O) groups is 3. The third-order valence-corrected chi connectivity index (χ3v) is 21.6. The molecular weight excluding hydrogens is 1150 g/mol. The predicted octanol–water partition coefficient (Wildman–Crippen LogP) is 5.03. The number of benzene rings is 1. The first-order chi connectivity index (χ1) is 41.7. The van der Waals surface area contributed by atoms with Crippen LogP contribution in [0.25, 0.3) is 6.08 Å². The van der Waals surface area contributed by atoms with E-state index in [0.717, 1.165) is 11.1 Å². The molecule has 0 aromatic heterocycles. The summed E-state index contributed by atoms with van der Waals surface area (Å²) in [5.41, 5.74) is -6.52. The van der Waals surface area contributed by atoms with Gasteiger partial charge < -0.3 is 96.6 Å². The van der Waals surface area contributed by atoms with E-state index in [9.17, 15) is 39.9 Å². The minimum Gasteiger partial charge on any atom is -0.459 e. The van der Waals surface area contributed by atoms with Gasteiger partial charge in [-0.15, -0.1) is 0 Å². The van der Waals surface area contributed by atoms with Gasteiger partial charge in [-0.3, -0.25) is 9.59 Å². The zero-order chi connectivity index (χ0) is 63.4. The fraction of sp³-hybridized carbons (Fsp3) is 0.800. The highest BCUT2D eigenvalue weighted by Gasteiger charge is 2.81. The van der Waals surface area contributed by atoms with E-state index in [-0.39, 0.29) is 51.0 Å². The van der Waals surface area contributed by atoms with Crippen LogP contribution in [0.3, 0.4) is 0 Å². The number of carbonyl (C=O) groups excluding carboxylic acids is 3. The number of rotatable bonds is 18. The van der Waals surface area contributed by atoms with Gasteiger partial charge in [-0.1, -0.05) is 48.9 Å². The van der Waals surface area contributed by atoms with Crippen LogP contribution in [0.2, 0.25) is 0 Å². The summed E-state index contributed by atoms with van der Waals surface area (Å²) >= 11 is 0. The first-order valence-corrected chi connectivity index (χ1v) is 31.7. The van der Waals surface area contributed by atoms with E-state index in [1.165, 1.54) is 19.9 Å². The lowest BCUT2D eigenvalue weighted by Crippen LogP contribution is -2.78. The largest absolute Gasteiger partial charge is 0.459 e. The van der Waals surface area contributed by atoms with Gasteiger partial charge in [-0.05, 0) is 110 Å². The average Bonchev–Trinajstić information content (AvgIpc) is 1.35. The number of methoxy groups -OCH3 is 3. The van der Waals surface area contributed by atoms with Crippen LogP contribution in [-0.2, 0) is 85.4 Å². The van der Waals surface area contributed by atoms with Crippen LogP contribution in [0.15, 0.2) is 48.1 Å². The fourth-order valence-corrected chi connectivity index (χ4v) is 16.6. The Morgan fingerprint density at radius 2 is 1.09 bits per heavy atom. The maximum absolute atomic E-state index is 13.6. The van der Waals surface area contributed by atoms with Crippen molar-refractivity contribution < 1.29 is 111 Å². The van der Waals surface area contributed by atoms with Crippen LogP contribution < -0.4 is 0 Å². The minimum atomic E-state index is -2.08. The summed E-state index contributed by atoms with van der Waals surface area (Å²) in [6, 6.07) is 9.23. The van der Waals surface area contributed by atoms with Crippen LogP contribution in [0.1, 0.15) is 145 Å². The molecule has 0 amide bonds. The Morgan fingerprint density at radius 1 is 0.591 bits per heavy atom. The Kier molecular flexibility index (Phi) is 20.6. The number of aliphatic hydroxyl groups excluding tert-OH is 2. The molecule has 23 heteroatoms. The summed E-state index contributed by atoms with van der Waals surface area (Å²) < 4.78 is 93.8. The molecule has 8 fully saturated rings. The number of ether oxygens (including phenoxy) is 15. The maximum atomic E-state index is 13.6. The van der Waals surface area contributed by atoms with Gasteiger partial charge in [0.25, 0.3) is 0 Å². The average molecular weight is 1250 g/mol. The maximum Gasteiger partial charge on any atom is 0.331 e. The third-order valence-electron chi connectivity index (χ3n) is 21.6. The standard InChI is InChI=1S/C65H96O23/c1-33-56(70)44(74-10)28-52(77-33)86-58-35(3)79-53(29-45(58)75-11)87-59-36(4)80-54(30-46(59)76-12)88-60-37(5)81-55(31-47(60)82-39(7)67)85-57-34(2)78-51(27-43(57)68)83-42-21-22-61(8)41(26-42)20-23-64(72)48(61)32-49(84-50(69)19-18-40-16-14-13-15-17-40)62(9)63(71,38(6)66)24-25-65(62,64)73/h13-20,33-37,42-49,51-60,68,70-73H,21-32H2,1-12H3. The van der Waals surface area contributed by atoms with Gasteiger partial charge >= 0.3 is 11.9 Å². The second kappa shape index (κ2) is 26.9. The van der Waals surface area contributed by atoms with Gasteiger partial charge in [0.15, 0.2) is 37.2 Å². The number of ketones is 1. The highest BCUT2D eigenvalue weighted by atomic mass is 16.8. The molecule has 5 heterocycles. The highest BCUT2D eigenvalue weighted by Crippen LogP contribution is 2.71. The van der Waals surface area contributed by atoms with Crippen molar-refractivity contribution in [2.45, 2.75) is 291 Å². The van der Waals surface area contributed by atoms with Gasteiger partial charge in [0.05, 0.1) is 66.5 Å². The molecule has 5 N–H and O–H groups in total. The molecule has 10 rings (SSSR count). The summed E-state index contributed by atoms with van der Waals surface area (Å²) in [5.74, 6) is -2.43. The molecule has 5 saturated heterocycles. The second-order valence-electron chi connectivity index (χ2n) is 26.7. The smallest absolute Gasteiger partial charge is 0.331 e. The van der Waals surface area contributed by atoms with Crippen LogP contribution in [0.4, 0.5) is 0 Å². The van der Waals surface area contributed by atoms with Crippen molar-refractivity contribution in [3.63, 3.8) is 0 Å². The van der Waals surface area contributed by atoms with E-state index < -0.39 is 180 Å². The highest BCUT2D eigenvalue weighted by molar-refractivity contribution is 5.89. The molecule has 28 atom stereocenters. The molecular formula is C65H96O23. The van der Waals surface area contributed by atoms with Crippen molar-refractivity contribution in [3.05, 3.63) is 53.6 Å². The molecule has 0 bridgehead atoms. The zero-order valence-corrected chi connectivity index (χ0v) is 53.0. The number of fused-ring (bicyclic) bond motifs is 5. The summed E-state index contributed by atoms with van der Waals surface area (Å²) in [5, 5.41) is 60.4. The molecule has 23 nitrogen and oxygen atoms in total. The Morgan fingerprint density at radius 3 is 1.62 bits per heavy atom.